The van der Waals surface area contributed by atoms with E-state index in [1.54, 1.807) is 6.07 Å². The Morgan fingerprint density at radius 3 is 2.66 bits per heavy atom. The highest BCUT2D eigenvalue weighted by molar-refractivity contribution is 8.14. The Morgan fingerprint density at radius 1 is 1.18 bits per heavy atom. The Hall–Kier alpha value is -2.17. The quantitative estimate of drug-likeness (QED) is 0.190. The molecule has 2 unspecified atom stereocenters. The molecule has 0 saturated carbocycles. The summed E-state index contributed by atoms with van der Waals surface area (Å²) in [4.78, 5) is 49.2. The Kier molecular flexibility index (Phi) is 7.05. The molecule has 38 heavy (non-hydrogen) atoms. The Labute approximate surface area is 236 Å². The molecule has 8 nitrogen and oxygen atoms in total. The number of hydrogen-bond acceptors (Lipinski definition) is 8. The predicted molar refractivity (Wildman–Crippen MR) is 135 cm³/mol. The summed E-state index contributed by atoms with van der Waals surface area (Å²) in [6.07, 6.45) is 5.71. The lowest BCUT2D eigenvalue weighted by Gasteiger charge is -2.59. The SMILES string of the molecule is CC(=O)Oc1ccc2c3c1O[C@H]1[C@@H](OC(C)=O)C=CC4[C@@H](C2)[N@@+](C)(CC(=O)CC2CCSC2=O)CC[C@@]341.[Br-]. The van der Waals surface area contributed by atoms with Crippen LogP contribution in [0, 0.1) is 11.8 Å². The summed E-state index contributed by atoms with van der Waals surface area (Å²) in [5, 5.41) is 0.147. The highest BCUT2D eigenvalue weighted by atomic mass is 79.9. The van der Waals surface area contributed by atoms with Crippen molar-refractivity contribution in [1.29, 1.82) is 0 Å². The fourth-order valence-electron chi connectivity index (χ4n) is 7.66. The molecule has 7 atom stereocenters. The maximum Gasteiger partial charge on any atom is 0.308 e. The van der Waals surface area contributed by atoms with E-state index < -0.39 is 23.6 Å². The second-order valence-corrected chi connectivity index (χ2v) is 12.5. The van der Waals surface area contributed by atoms with Gasteiger partial charge in [-0.1, -0.05) is 23.9 Å². The average Bonchev–Trinajstić information content (AvgIpc) is 3.39. The van der Waals surface area contributed by atoms with Gasteiger partial charge in [-0.2, -0.15) is 0 Å². The number of nitrogens with zero attached hydrogens (tertiary/aromatic N) is 1. The summed E-state index contributed by atoms with van der Waals surface area (Å²) in [5.41, 5.74) is 1.76. The normalized spacial score (nSPS) is 35.6. The number of quaternary nitrogens is 1. The molecular formula is C28H32BrNO7S. The summed E-state index contributed by atoms with van der Waals surface area (Å²) < 4.78 is 18.4. The zero-order chi connectivity index (χ0) is 26.1. The van der Waals surface area contributed by atoms with Crippen LogP contribution in [0.4, 0.5) is 0 Å². The van der Waals surface area contributed by atoms with E-state index in [0.717, 1.165) is 42.7 Å². The van der Waals surface area contributed by atoms with Crippen molar-refractivity contribution >= 4 is 34.6 Å². The molecule has 2 bridgehead atoms. The van der Waals surface area contributed by atoms with Crippen molar-refractivity contribution in [3.05, 3.63) is 35.4 Å². The number of ketones is 1. The Morgan fingerprint density at radius 2 is 1.97 bits per heavy atom. The number of esters is 2. The van der Waals surface area contributed by atoms with Gasteiger partial charge in [0, 0.05) is 56.3 Å². The summed E-state index contributed by atoms with van der Waals surface area (Å²) in [5.74, 6) is 1.05. The second kappa shape index (κ2) is 9.78. The molecule has 6 rings (SSSR count). The first-order valence-corrected chi connectivity index (χ1v) is 14.0. The highest BCUT2D eigenvalue weighted by Crippen LogP contribution is 2.63. The molecule has 1 spiro atoms. The van der Waals surface area contributed by atoms with Crippen LogP contribution in [-0.4, -0.2) is 71.5 Å². The third-order valence-corrected chi connectivity index (χ3v) is 10.2. The minimum absolute atomic E-state index is 0. The van der Waals surface area contributed by atoms with Gasteiger partial charge in [0.25, 0.3) is 0 Å². The first kappa shape index (κ1) is 27.4. The zero-order valence-corrected chi connectivity index (χ0v) is 24.1. The fourth-order valence-corrected chi connectivity index (χ4v) is 8.70. The molecule has 5 aliphatic rings. The molecule has 0 aromatic heterocycles. The van der Waals surface area contributed by atoms with Crippen molar-refractivity contribution in [3.8, 4) is 11.5 Å². The number of thioether (sulfide) groups is 1. The number of halogens is 1. The molecule has 2 fully saturated rings. The van der Waals surface area contributed by atoms with Gasteiger partial charge >= 0.3 is 11.9 Å². The Bertz CT molecular complexity index is 1250. The third-order valence-electron chi connectivity index (χ3n) is 9.12. The molecule has 0 amide bonds. The van der Waals surface area contributed by atoms with Crippen molar-refractivity contribution in [1.82, 2.24) is 0 Å². The lowest BCUT2D eigenvalue weighted by atomic mass is 9.52. The molecule has 204 valence electrons. The molecule has 0 N–H and O–H groups in total. The van der Waals surface area contributed by atoms with Crippen LogP contribution in [0.1, 0.15) is 44.2 Å². The lowest BCUT2D eigenvalue weighted by Crippen LogP contribution is -3.00. The number of ether oxygens (including phenoxy) is 3. The fraction of sp³-hybridized carbons (Fsp3) is 0.571. The van der Waals surface area contributed by atoms with E-state index in [-0.39, 0.29) is 51.7 Å². The number of hydrogen-bond donors (Lipinski definition) is 0. The maximum atomic E-state index is 13.3. The van der Waals surface area contributed by atoms with Crippen LogP contribution in [0.25, 0.3) is 0 Å². The minimum atomic E-state index is -0.553. The van der Waals surface area contributed by atoms with E-state index in [2.05, 4.69) is 13.1 Å². The number of piperidine rings is 1. The van der Waals surface area contributed by atoms with Crippen LogP contribution < -0.4 is 26.5 Å². The summed E-state index contributed by atoms with van der Waals surface area (Å²) >= 11 is 1.34. The molecule has 2 saturated heterocycles. The van der Waals surface area contributed by atoms with Crippen LogP contribution >= 0.6 is 11.8 Å². The van der Waals surface area contributed by atoms with E-state index >= 15 is 0 Å². The molecule has 3 heterocycles. The van der Waals surface area contributed by atoms with Gasteiger partial charge in [-0.25, -0.2) is 0 Å². The summed E-state index contributed by atoms with van der Waals surface area (Å²) in [7, 11) is 2.16. The van der Waals surface area contributed by atoms with E-state index in [9.17, 15) is 19.2 Å². The zero-order valence-electron chi connectivity index (χ0n) is 21.7. The molecule has 3 aliphatic heterocycles. The highest BCUT2D eigenvalue weighted by Gasteiger charge is 2.68. The first-order chi connectivity index (χ1) is 17.6. The van der Waals surface area contributed by atoms with E-state index in [1.165, 1.54) is 25.6 Å². The van der Waals surface area contributed by atoms with Crippen molar-refractivity contribution in [2.24, 2.45) is 11.8 Å². The second-order valence-electron chi connectivity index (χ2n) is 11.4. The molecule has 10 heteroatoms. The van der Waals surface area contributed by atoms with E-state index in [4.69, 9.17) is 14.2 Å². The summed E-state index contributed by atoms with van der Waals surface area (Å²) in [6.45, 7) is 3.92. The number of likely N-dealkylation sites (tertiary alicyclic amines) is 1. The third kappa shape index (κ3) is 4.14. The number of likely N-dealkylation sites (N-methyl/N-ethyl adjacent to an activating group) is 1. The van der Waals surface area contributed by atoms with Crippen LogP contribution in [0.5, 0.6) is 11.5 Å². The topological polar surface area (TPSA) is 96.0 Å². The number of Topliss-reactive ketones (excluding diaryl/α,β-unsaturated/α-hetero) is 1. The first-order valence-electron chi connectivity index (χ1n) is 13.0. The van der Waals surface area contributed by atoms with Crippen molar-refractivity contribution < 1.29 is 54.9 Å². The van der Waals surface area contributed by atoms with Crippen molar-refractivity contribution in [3.63, 3.8) is 0 Å². The van der Waals surface area contributed by atoms with Gasteiger partial charge in [-0.05, 0) is 24.1 Å². The van der Waals surface area contributed by atoms with Crippen LogP contribution in [0.2, 0.25) is 0 Å². The summed E-state index contributed by atoms with van der Waals surface area (Å²) in [6, 6.07) is 3.93. The average molecular weight is 607 g/mol. The van der Waals surface area contributed by atoms with Crippen LogP contribution in [0.3, 0.4) is 0 Å². The molecule has 0 radical (unpaired) electrons. The number of rotatable bonds is 6. The molecular weight excluding hydrogens is 574 g/mol. The standard InChI is InChI=1S/C28H32NO7S.BrH/c1-15(30)34-22-6-4-17-13-21-20-5-7-23(35-16(2)31)26-28(20,24(17)25(22)36-26)9-10-29(21,3)14-19(32)12-18-8-11-37-27(18)33;/h4-7,18,20-21,23,26H,8-14H2,1-3H3;1H/q+1;/p-1/t18?,20?,21-,23+,26+,28+,29-;/m1./s1. The monoisotopic (exact) mass is 605 g/mol. The van der Waals surface area contributed by atoms with Crippen LogP contribution in [-0.2, 0) is 35.8 Å². The number of carbonyl (C=O) groups is 4. The van der Waals surface area contributed by atoms with Gasteiger partial charge in [0.15, 0.2) is 34.6 Å². The van der Waals surface area contributed by atoms with Crippen molar-refractivity contribution in [2.75, 3.05) is 25.9 Å². The predicted octanol–water partition coefficient (Wildman–Crippen LogP) is -0.254. The number of benzene rings is 1. The van der Waals surface area contributed by atoms with Gasteiger partial charge < -0.3 is 35.7 Å². The lowest BCUT2D eigenvalue weighted by molar-refractivity contribution is -0.936. The number of carbonyl (C=O) groups excluding carboxylic acids is 4. The smallest absolute Gasteiger partial charge is 0.308 e. The largest absolute Gasteiger partial charge is 1.00 e. The van der Waals surface area contributed by atoms with Crippen molar-refractivity contribution in [2.45, 2.75) is 63.2 Å². The van der Waals surface area contributed by atoms with Crippen LogP contribution in [0.15, 0.2) is 24.3 Å². The van der Waals surface area contributed by atoms with E-state index in [1.807, 2.05) is 12.1 Å². The minimum Gasteiger partial charge on any atom is -1.00 e. The molecule has 1 aromatic carbocycles. The van der Waals surface area contributed by atoms with E-state index in [0.29, 0.717) is 28.9 Å². The molecule has 1 aromatic rings. The van der Waals surface area contributed by atoms with Gasteiger partial charge in [0.05, 0.1) is 19.0 Å². The van der Waals surface area contributed by atoms with Gasteiger partial charge in [0.2, 0.25) is 0 Å². The molecule has 2 aliphatic carbocycles. The van der Waals surface area contributed by atoms with Gasteiger partial charge in [0.1, 0.15) is 12.6 Å². The Balaban J connectivity index is 0.00000294. The van der Waals surface area contributed by atoms with Gasteiger partial charge in [-0.15, -0.1) is 0 Å². The van der Waals surface area contributed by atoms with Gasteiger partial charge in [-0.3, -0.25) is 19.2 Å². The maximum absolute atomic E-state index is 13.3.